The molecule has 3 rings (SSSR count). The van der Waals surface area contributed by atoms with Gasteiger partial charge in [0, 0.05) is 24.0 Å². The van der Waals surface area contributed by atoms with E-state index in [0.29, 0.717) is 22.9 Å². The highest BCUT2D eigenvalue weighted by atomic mass is 32.1. The van der Waals surface area contributed by atoms with Gasteiger partial charge in [-0.2, -0.15) is 0 Å². The van der Waals surface area contributed by atoms with Crippen LogP contribution in [0.15, 0.2) is 24.4 Å². The summed E-state index contributed by atoms with van der Waals surface area (Å²) in [5, 5.41) is 6.44. The quantitative estimate of drug-likeness (QED) is 0.759. The van der Waals surface area contributed by atoms with E-state index in [2.05, 4.69) is 15.6 Å². The molecule has 0 unspecified atom stereocenters. The first kappa shape index (κ1) is 14.6. The fourth-order valence-electron chi connectivity index (χ4n) is 2.21. The molecular formula is C16H17N3O2S. The van der Waals surface area contributed by atoms with Gasteiger partial charge >= 0.3 is 0 Å². The highest BCUT2D eigenvalue weighted by Gasteiger charge is 2.28. The zero-order valence-electron chi connectivity index (χ0n) is 12.4. The summed E-state index contributed by atoms with van der Waals surface area (Å²) >= 11 is 1.31. The van der Waals surface area contributed by atoms with Crippen molar-refractivity contribution in [3.63, 3.8) is 0 Å². The number of amides is 2. The minimum atomic E-state index is -0.134. The molecule has 5 nitrogen and oxygen atoms in total. The number of aromatic amines is 1. The van der Waals surface area contributed by atoms with Crippen LogP contribution in [0.3, 0.4) is 0 Å². The standard InChI is InChI=1S/C16H17N3O2S/c1-9(2)8-18-15(21)13-7-12-11(6-10-4-3-5-17-10)14(20)19-16(12)22-13/h3-7,9,17H,8H2,1-2H3,(H,18,21)(H,19,20)/b11-6-. The Hall–Kier alpha value is -2.34. The fourth-order valence-corrected chi connectivity index (χ4v) is 3.19. The molecular weight excluding hydrogens is 298 g/mol. The van der Waals surface area contributed by atoms with Crippen molar-refractivity contribution in [1.82, 2.24) is 10.3 Å². The van der Waals surface area contributed by atoms with E-state index in [9.17, 15) is 9.59 Å². The van der Waals surface area contributed by atoms with Gasteiger partial charge in [-0.1, -0.05) is 13.8 Å². The number of thiophene rings is 1. The molecule has 22 heavy (non-hydrogen) atoms. The van der Waals surface area contributed by atoms with Gasteiger partial charge in [0.25, 0.3) is 11.8 Å². The van der Waals surface area contributed by atoms with E-state index in [1.807, 2.05) is 26.0 Å². The average molecular weight is 315 g/mol. The Labute approximate surface area is 132 Å². The predicted molar refractivity (Wildman–Crippen MR) is 88.8 cm³/mol. The molecule has 0 radical (unpaired) electrons. The van der Waals surface area contributed by atoms with E-state index in [0.717, 1.165) is 16.3 Å². The highest BCUT2D eigenvalue weighted by Crippen LogP contribution is 2.39. The Morgan fingerprint density at radius 3 is 2.95 bits per heavy atom. The lowest BCUT2D eigenvalue weighted by molar-refractivity contribution is -0.110. The van der Waals surface area contributed by atoms with E-state index in [-0.39, 0.29) is 11.8 Å². The Kier molecular flexibility index (Phi) is 3.85. The van der Waals surface area contributed by atoms with Gasteiger partial charge in [0.2, 0.25) is 0 Å². The number of aromatic nitrogens is 1. The molecule has 0 aliphatic carbocycles. The minimum Gasteiger partial charge on any atom is -0.362 e. The van der Waals surface area contributed by atoms with E-state index < -0.39 is 0 Å². The van der Waals surface area contributed by atoms with Gasteiger partial charge in [0.15, 0.2) is 0 Å². The van der Waals surface area contributed by atoms with Gasteiger partial charge in [-0.25, -0.2) is 0 Å². The maximum absolute atomic E-state index is 12.1. The maximum atomic E-state index is 12.1. The molecule has 0 bridgehead atoms. The Morgan fingerprint density at radius 2 is 2.27 bits per heavy atom. The first-order valence-electron chi connectivity index (χ1n) is 7.13. The number of nitrogens with one attached hydrogen (secondary N) is 3. The monoisotopic (exact) mass is 315 g/mol. The van der Waals surface area contributed by atoms with Gasteiger partial charge in [-0.15, -0.1) is 11.3 Å². The number of carbonyl (C=O) groups excluding carboxylic acids is 2. The van der Waals surface area contributed by atoms with Crippen molar-refractivity contribution in [3.8, 4) is 0 Å². The lowest BCUT2D eigenvalue weighted by atomic mass is 10.1. The molecule has 3 N–H and O–H groups in total. The number of hydrogen-bond acceptors (Lipinski definition) is 3. The number of anilines is 1. The van der Waals surface area contributed by atoms with Crippen molar-refractivity contribution >= 4 is 39.8 Å². The normalized spacial score (nSPS) is 15.2. The van der Waals surface area contributed by atoms with Crippen molar-refractivity contribution in [2.45, 2.75) is 13.8 Å². The molecule has 0 saturated carbocycles. The SMILES string of the molecule is CC(C)CNC(=O)c1cc2c(s1)NC(=O)/C2=C\c1ccc[nH]1. The van der Waals surface area contributed by atoms with Gasteiger partial charge in [0.05, 0.1) is 10.5 Å². The second-order valence-electron chi connectivity index (χ2n) is 5.59. The summed E-state index contributed by atoms with van der Waals surface area (Å²) in [6.07, 6.45) is 3.60. The molecule has 0 atom stereocenters. The third kappa shape index (κ3) is 2.82. The Morgan fingerprint density at radius 1 is 1.45 bits per heavy atom. The molecule has 114 valence electrons. The second kappa shape index (κ2) is 5.81. The van der Waals surface area contributed by atoms with Crippen molar-refractivity contribution in [2.75, 3.05) is 11.9 Å². The summed E-state index contributed by atoms with van der Waals surface area (Å²) in [4.78, 5) is 27.8. The van der Waals surface area contributed by atoms with Crippen LogP contribution in [0.4, 0.5) is 5.00 Å². The molecule has 2 aromatic rings. The lowest BCUT2D eigenvalue weighted by Crippen LogP contribution is -2.26. The summed E-state index contributed by atoms with van der Waals surface area (Å²) in [6.45, 7) is 4.73. The van der Waals surface area contributed by atoms with Gasteiger partial charge in [-0.05, 0) is 30.2 Å². The molecule has 1 aliphatic heterocycles. The number of hydrogen-bond donors (Lipinski definition) is 3. The van der Waals surface area contributed by atoms with Crippen LogP contribution >= 0.6 is 11.3 Å². The van der Waals surface area contributed by atoms with Crippen LogP contribution in [0.5, 0.6) is 0 Å². The molecule has 2 aromatic heterocycles. The summed E-state index contributed by atoms with van der Waals surface area (Å²) < 4.78 is 0. The largest absolute Gasteiger partial charge is 0.362 e. The Balaban J connectivity index is 1.86. The third-order valence-electron chi connectivity index (χ3n) is 3.31. The summed E-state index contributed by atoms with van der Waals surface area (Å²) in [5.74, 6) is 0.172. The summed E-state index contributed by atoms with van der Waals surface area (Å²) in [7, 11) is 0. The number of fused-ring (bicyclic) bond motifs is 1. The fraction of sp³-hybridized carbons (Fsp3) is 0.250. The van der Waals surface area contributed by atoms with Crippen LogP contribution in [-0.2, 0) is 4.79 Å². The number of rotatable bonds is 4. The second-order valence-corrected chi connectivity index (χ2v) is 6.65. The lowest BCUT2D eigenvalue weighted by Gasteiger charge is -2.05. The van der Waals surface area contributed by atoms with Crippen LogP contribution in [0.25, 0.3) is 11.6 Å². The average Bonchev–Trinajstić information content (AvgIpc) is 3.15. The third-order valence-corrected chi connectivity index (χ3v) is 4.36. The molecule has 2 amide bonds. The van der Waals surface area contributed by atoms with Crippen molar-refractivity contribution < 1.29 is 9.59 Å². The zero-order chi connectivity index (χ0) is 15.7. The zero-order valence-corrected chi connectivity index (χ0v) is 13.2. The molecule has 0 fully saturated rings. The first-order chi connectivity index (χ1) is 10.5. The van der Waals surface area contributed by atoms with E-state index in [1.165, 1.54) is 11.3 Å². The number of H-pyrrole nitrogens is 1. The molecule has 6 heteroatoms. The topological polar surface area (TPSA) is 74.0 Å². The molecule has 1 aliphatic rings. The molecule has 0 aromatic carbocycles. The highest BCUT2D eigenvalue weighted by molar-refractivity contribution is 7.18. The predicted octanol–water partition coefficient (Wildman–Crippen LogP) is 2.95. The first-order valence-corrected chi connectivity index (χ1v) is 7.95. The van der Waals surface area contributed by atoms with E-state index in [1.54, 1.807) is 18.3 Å². The van der Waals surface area contributed by atoms with Crippen LogP contribution in [0.1, 0.15) is 34.8 Å². The van der Waals surface area contributed by atoms with Crippen molar-refractivity contribution in [2.24, 2.45) is 5.92 Å². The van der Waals surface area contributed by atoms with E-state index >= 15 is 0 Å². The van der Waals surface area contributed by atoms with Crippen molar-refractivity contribution in [1.29, 1.82) is 0 Å². The summed E-state index contributed by atoms with van der Waals surface area (Å²) in [5.41, 5.74) is 2.23. The van der Waals surface area contributed by atoms with Crippen LogP contribution in [0.2, 0.25) is 0 Å². The number of carbonyl (C=O) groups is 2. The van der Waals surface area contributed by atoms with Crippen LogP contribution in [0, 0.1) is 5.92 Å². The van der Waals surface area contributed by atoms with Crippen LogP contribution in [-0.4, -0.2) is 23.3 Å². The van der Waals surface area contributed by atoms with E-state index in [4.69, 9.17) is 0 Å². The minimum absolute atomic E-state index is 0.0958. The van der Waals surface area contributed by atoms with Gasteiger partial charge < -0.3 is 15.6 Å². The maximum Gasteiger partial charge on any atom is 0.261 e. The van der Waals surface area contributed by atoms with Crippen molar-refractivity contribution in [3.05, 3.63) is 40.5 Å². The molecule has 0 spiro atoms. The molecule has 3 heterocycles. The molecule has 0 saturated heterocycles. The van der Waals surface area contributed by atoms with Gasteiger partial charge in [0.1, 0.15) is 5.00 Å². The van der Waals surface area contributed by atoms with Crippen LogP contribution < -0.4 is 10.6 Å². The smallest absolute Gasteiger partial charge is 0.261 e. The summed E-state index contributed by atoms with van der Waals surface area (Å²) in [6, 6.07) is 5.54. The van der Waals surface area contributed by atoms with Gasteiger partial charge in [-0.3, -0.25) is 9.59 Å². The Bertz CT molecular complexity index is 742.